The minimum absolute atomic E-state index is 0.462. The number of hydrogen-bond acceptors (Lipinski definition) is 3. The first kappa shape index (κ1) is 17.3. The summed E-state index contributed by atoms with van der Waals surface area (Å²) in [5.41, 5.74) is 0.943. The van der Waals surface area contributed by atoms with Crippen LogP contribution in [-0.4, -0.2) is 24.8 Å². The Balaban J connectivity index is 1.91. The highest BCUT2D eigenvalue weighted by molar-refractivity contribution is 5.28. The summed E-state index contributed by atoms with van der Waals surface area (Å²) in [7, 11) is 1.66. The first-order chi connectivity index (χ1) is 10.5. The molecule has 1 aromatic rings. The van der Waals surface area contributed by atoms with Gasteiger partial charge >= 0.3 is 0 Å². The van der Waals surface area contributed by atoms with E-state index in [1.807, 2.05) is 24.3 Å². The molecule has 4 atom stereocenters. The standard InChI is InChI=1S/C19H31NO2/c1-13(2)17-10-5-14(3)11-18(17)20-12-19(21)15-6-8-16(22-4)9-7-15/h6-9,13-14,17-21H,5,10-12H2,1-4H3. The highest BCUT2D eigenvalue weighted by atomic mass is 16.5. The lowest BCUT2D eigenvalue weighted by molar-refractivity contribution is 0.130. The topological polar surface area (TPSA) is 41.5 Å². The van der Waals surface area contributed by atoms with Gasteiger partial charge in [0.25, 0.3) is 0 Å². The minimum Gasteiger partial charge on any atom is -0.497 e. The van der Waals surface area contributed by atoms with Crippen LogP contribution in [-0.2, 0) is 0 Å². The van der Waals surface area contributed by atoms with E-state index >= 15 is 0 Å². The van der Waals surface area contributed by atoms with Crippen LogP contribution in [0, 0.1) is 17.8 Å². The molecule has 1 aliphatic carbocycles. The zero-order valence-corrected chi connectivity index (χ0v) is 14.4. The Kier molecular flexibility index (Phi) is 6.27. The normalized spacial score (nSPS) is 26.9. The fourth-order valence-electron chi connectivity index (χ4n) is 3.64. The highest BCUT2D eigenvalue weighted by Gasteiger charge is 2.30. The number of aliphatic hydroxyl groups is 1. The molecule has 1 aliphatic rings. The molecule has 1 saturated carbocycles. The summed E-state index contributed by atoms with van der Waals surface area (Å²) in [6.07, 6.45) is 3.39. The third-order valence-electron chi connectivity index (χ3n) is 5.10. The van der Waals surface area contributed by atoms with E-state index in [9.17, 15) is 5.11 Å². The van der Waals surface area contributed by atoms with Crippen LogP contribution in [0.3, 0.4) is 0 Å². The number of rotatable bonds is 6. The molecule has 2 rings (SSSR count). The molecule has 4 unspecified atom stereocenters. The zero-order chi connectivity index (χ0) is 16.1. The molecule has 1 fully saturated rings. The van der Waals surface area contributed by atoms with Gasteiger partial charge in [0, 0.05) is 12.6 Å². The molecule has 22 heavy (non-hydrogen) atoms. The highest BCUT2D eigenvalue weighted by Crippen LogP contribution is 2.33. The van der Waals surface area contributed by atoms with Crippen LogP contribution in [0.25, 0.3) is 0 Å². The predicted molar refractivity (Wildman–Crippen MR) is 91.1 cm³/mol. The summed E-state index contributed by atoms with van der Waals surface area (Å²) in [5.74, 6) is 3.03. The lowest BCUT2D eigenvalue weighted by Gasteiger charge is -2.38. The molecule has 1 aromatic carbocycles. The van der Waals surface area contributed by atoms with E-state index in [0.717, 1.165) is 23.1 Å². The monoisotopic (exact) mass is 305 g/mol. The third kappa shape index (κ3) is 4.47. The Hall–Kier alpha value is -1.06. The van der Waals surface area contributed by atoms with Gasteiger partial charge in [0.2, 0.25) is 0 Å². The fraction of sp³-hybridized carbons (Fsp3) is 0.684. The molecule has 124 valence electrons. The second-order valence-electron chi connectivity index (χ2n) is 7.13. The largest absolute Gasteiger partial charge is 0.497 e. The Bertz CT molecular complexity index is 443. The molecule has 0 spiro atoms. The lowest BCUT2D eigenvalue weighted by atomic mass is 9.74. The second kappa shape index (κ2) is 7.98. The summed E-state index contributed by atoms with van der Waals surface area (Å²) in [4.78, 5) is 0. The van der Waals surface area contributed by atoms with Crippen molar-refractivity contribution in [2.75, 3.05) is 13.7 Å². The van der Waals surface area contributed by atoms with Crippen LogP contribution in [0.1, 0.15) is 51.7 Å². The molecular formula is C19H31NO2. The van der Waals surface area contributed by atoms with Gasteiger partial charge in [-0.2, -0.15) is 0 Å². The van der Waals surface area contributed by atoms with Gasteiger partial charge < -0.3 is 15.2 Å². The number of ether oxygens (including phenoxy) is 1. The van der Waals surface area contributed by atoms with E-state index < -0.39 is 6.10 Å². The summed E-state index contributed by atoms with van der Waals surface area (Å²) >= 11 is 0. The van der Waals surface area contributed by atoms with Gasteiger partial charge in [-0.3, -0.25) is 0 Å². The molecular weight excluding hydrogens is 274 g/mol. The second-order valence-corrected chi connectivity index (χ2v) is 7.13. The van der Waals surface area contributed by atoms with E-state index in [1.54, 1.807) is 7.11 Å². The van der Waals surface area contributed by atoms with Crippen molar-refractivity contribution in [3.05, 3.63) is 29.8 Å². The molecule has 0 bridgehead atoms. The van der Waals surface area contributed by atoms with E-state index in [2.05, 4.69) is 26.1 Å². The van der Waals surface area contributed by atoms with Crippen molar-refractivity contribution in [1.29, 1.82) is 0 Å². The number of benzene rings is 1. The van der Waals surface area contributed by atoms with Gasteiger partial charge in [0.05, 0.1) is 13.2 Å². The van der Waals surface area contributed by atoms with Crippen molar-refractivity contribution in [2.24, 2.45) is 17.8 Å². The summed E-state index contributed by atoms with van der Waals surface area (Å²) < 4.78 is 5.16. The van der Waals surface area contributed by atoms with Crippen molar-refractivity contribution < 1.29 is 9.84 Å². The Morgan fingerprint density at radius 3 is 2.50 bits per heavy atom. The van der Waals surface area contributed by atoms with Gasteiger partial charge in [-0.05, 0) is 48.3 Å². The molecule has 2 N–H and O–H groups in total. The average molecular weight is 305 g/mol. The summed E-state index contributed by atoms with van der Waals surface area (Å²) in [6.45, 7) is 7.59. The van der Waals surface area contributed by atoms with Gasteiger partial charge in [-0.25, -0.2) is 0 Å². The quantitative estimate of drug-likeness (QED) is 0.840. The summed E-state index contributed by atoms with van der Waals surface area (Å²) in [6, 6.07) is 8.20. The average Bonchev–Trinajstić information content (AvgIpc) is 2.52. The van der Waals surface area contributed by atoms with Crippen molar-refractivity contribution in [1.82, 2.24) is 5.32 Å². The minimum atomic E-state index is -0.462. The van der Waals surface area contributed by atoms with Crippen molar-refractivity contribution in [3.8, 4) is 5.75 Å². The van der Waals surface area contributed by atoms with Crippen molar-refractivity contribution >= 4 is 0 Å². The van der Waals surface area contributed by atoms with Gasteiger partial charge in [0.1, 0.15) is 5.75 Å². The lowest BCUT2D eigenvalue weighted by Crippen LogP contribution is -2.44. The Morgan fingerprint density at radius 2 is 1.91 bits per heavy atom. The van der Waals surface area contributed by atoms with Crippen LogP contribution < -0.4 is 10.1 Å². The number of hydrogen-bond donors (Lipinski definition) is 2. The Morgan fingerprint density at radius 1 is 1.23 bits per heavy atom. The molecule has 0 saturated heterocycles. The number of methoxy groups -OCH3 is 1. The molecule has 3 heteroatoms. The van der Waals surface area contributed by atoms with E-state index in [0.29, 0.717) is 18.5 Å². The molecule has 3 nitrogen and oxygen atoms in total. The van der Waals surface area contributed by atoms with Crippen LogP contribution in [0.4, 0.5) is 0 Å². The van der Waals surface area contributed by atoms with Crippen LogP contribution in [0.5, 0.6) is 5.75 Å². The first-order valence-electron chi connectivity index (χ1n) is 8.56. The maximum Gasteiger partial charge on any atom is 0.118 e. The predicted octanol–water partition coefficient (Wildman–Crippen LogP) is 3.78. The fourth-order valence-corrected chi connectivity index (χ4v) is 3.64. The van der Waals surface area contributed by atoms with Crippen LogP contribution >= 0.6 is 0 Å². The van der Waals surface area contributed by atoms with Crippen LogP contribution in [0.2, 0.25) is 0 Å². The molecule has 0 heterocycles. The van der Waals surface area contributed by atoms with E-state index in [1.165, 1.54) is 19.3 Å². The maximum absolute atomic E-state index is 10.4. The first-order valence-corrected chi connectivity index (χ1v) is 8.56. The maximum atomic E-state index is 10.4. The van der Waals surface area contributed by atoms with E-state index in [-0.39, 0.29) is 0 Å². The molecule has 0 aliphatic heterocycles. The molecule has 0 aromatic heterocycles. The number of nitrogens with one attached hydrogen (secondary N) is 1. The SMILES string of the molecule is COc1ccc(C(O)CNC2CC(C)CCC2C(C)C)cc1. The van der Waals surface area contributed by atoms with Gasteiger partial charge in [0.15, 0.2) is 0 Å². The van der Waals surface area contributed by atoms with Gasteiger partial charge in [-0.1, -0.05) is 39.3 Å². The van der Waals surface area contributed by atoms with Crippen LogP contribution in [0.15, 0.2) is 24.3 Å². The zero-order valence-electron chi connectivity index (χ0n) is 14.4. The van der Waals surface area contributed by atoms with Crippen molar-refractivity contribution in [2.45, 2.75) is 52.2 Å². The van der Waals surface area contributed by atoms with Gasteiger partial charge in [-0.15, -0.1) is 0 Å². The number of aliphatic hydroxyl groups excluding tert-OH is 1. The smallest absolute Gasteiger partial charge is 0.118 e. The van der Waals surface area contributed by atoms with E-state index in [4.69, 9.17) is 4.74 Å². The molecule has 0 radical (unpaired) electrons. The summed E-state index contributed by atoms with van der Waals surface area (Å²) in [5, 5.41) is 14.0. The van der Waals surface area contributed by atoms with Crippen molar-refractivity contribution in [3.63, 3.8) is 0 Å². The Labute approximate surface area is 135 Å². The third-order valence-corrected chi connectivity index (χ3v) is 5.10. The molecule has 0 amide bonds.